The van der Waals surface area contributed by atoms with E-state index in [-0.39, 0.29) is 12.0 Å². The number of rotatable bonds is 5. The number of imidazole rings is 1. The Kier molecular flexibility index (Phi) is 6.50. The number of ether oxygens (including phenoxy) is 1. The molecule has 0 saturated carbocycles. The molecule has 4 rings (SSSR count). The van der Waals surface area contributed by atoms with Gasteiger partial charge in [0.05, 0.1) is 16.8 Å². The van der Waals surface area contributed by atoms with Crippen LogP contribution in [-0.4, -0.2) is 52.5 Å². The van der Waals surface area contributed by atoms with Crippen molar-refractivity contribution in [2.24, 2.45) is 0 Å². The summed E-state index contributed by atoms with van der Waals surface area (Å²) in [7, 11) is 0. The van der Waals surface area contributed by atoms with Crippen LogP contribution < -0.4 is 5.32 Å². The molecule has 0 aliphatic carbocycles. The van der Waals surface area contributed by atoms with Crippen LogP contribution in [0.5, 0.6) is 0 Å². The van der Waals surface area contributed by atoms with Crippen LogP contribution >= 0.6 is 11.6 Å². The van der Waals surface area contributed by atoms with Crippen LogP contribution in [-0.2, 0) is 11.3 Å². The van der Waals surface area contributed by atoms with Crippen molar-refractivity contribution in [3.63, 3.8) is 0 Å². The molecule has 0 aromatic carbocycles. The lowest BCUT2D eigenvalue weighted by Gasteiger charge is -2.24. The second kappa shape index (κ2) is 9.25. The summed E-state index contributed by atoms with van der Waals surface area (Å²) in [6.45, 7) is 3.82. The van der Waals surface area contributed by atoms with Gasteiger partial charge >= 0.3 is 0 Å². The van der Waals surface area contributed by atoms with Crippen molar-refractivity contribution in [2.75, 3.05) is 26.2 Å². The number of pyridine rings is 1. The van der Waals surface area contributed by atoms with Crippen LogP contribution in [0.15, 0.2) is 18.3 Å². The van der Waals surface area contributed by atoms with Gasteiger partial charge < -0.3 is 19.4 Å². The predicted octanol–water partition coefficient (Wildman–Crippen LogP) is 3.66. The highest BCUT2D eigenvalue weighted by Gasteiger charge is 2.25. The van der Waals surface area contributed by atoms with Crippen molar-refractivity contribution in [2.45, 2.75) is 57.6 Å². The molecule has 1 amide bonds. The lowest BCUT2D eigenvalue weighted by atomic mass is 10.1. The zero-order valence-corrected chi connectivity index (χ0v) is 17.1. The fourth-order valence-corrected chi connectivity index (χ4v) is 4.33. The molecule has 4 heterocycles. The zero-order chi connectivity index (χ0) is 19.3. The fraction of sp³-hybridized carbons (Fsp3) is 0.619. The highest BCUT2D eigenvalue weighted by Crippen LogP contribution is 2.20. The van der Waals surface area contributed by atoms with Gasteiger partial charge in [-0.15, -0.1) is 0 Å². The minimum atomic E-state index is 0.0376. The maximum Gasteiger partial charge on any atom is 0.274 e. The molecule has 2 fully saturated rings. The van der Waals surface area contributed by atoms with E-state index in [1.54, 1.807) is 0 Å². The first-order valence-electron chi connectivity index (χ1n) is 10.5. The fourth-order valence-electron chi connectivity index (χ4n) is 4.16. The molecule has 0 bridgehead atoms. The third kappa shape index (κ3) is 4.50. The number of nitrogens with zero attached hydrogens (tertiary/aromatic N) is 3. The van der Waals surface area contributed by atoms with Gasteiger partial charge in [-0.05, 0) is 37.8 Å². The molecule has 28 heavy (non-hydrogen) atoms. The summed E-state index contributed by atoms with van der Waals surface area (Å²) in [5, 5.41) is 4.10. The Labute approximate surface area is 171 Å². The molecule has 1 N–H and O–H groups in total. The van der Waals surface area contributed by atoms with Crippen molar-refractivity contribution in [1.29, 1.82) is 0 Å². The van der Waals surface area contributed by atoms with E-state index in [0.717, 1.165) is 63.3 Å². The highest BCUT2D eigenvalue weighted by atomic mass is 35.5. The third-order valence-corrected chi connectivity index (χ3v) is 5.94. The van der Waals surface area contributed by atoms with Gasteiger partial charge in [0.2, 0.25) is 0 Å². The monoisotopic (exact) mass is 404 g/mol. The van der Waals surface area contributed by atoms with Gasteiger partial charge in [-0.3, -0.25) is 4.79 Å². The van der Waals surface area contributed by atoms with Crippen LogP contribution in [0, 0.1) is 0 Å². The molecule has 7 heteroatoms. The number of aromatic nitrogens is 2. The Morgan fingerprint density at radius 3 is 2.71 bits per heavy atom. The van der Waals surface area contributed by atoms with Gasteiger partial charge in [-0.1, -0.05) is 30.9 Å². The van der Waals surface area contributed by atoms with E-state index >= 15 is 0 Å². The Hall–Kier alpha value is -1.63. The normalized spacial score (nSPS) is 21.0. The van der Waals surface area contributed by atoms with E-state index < -0.39 is 0 Å². The predicted molar refractivity (Wildman–Crippen MR) is 110 cm³/mol. The van der Waals surface area contributed by atoms with Gasteiger partial charge in [0.25, 0.3) is 5.91 Å². The molecule has 2 aromatic rings. The van der Waals surface area contributed by atoms with Crippen molar-refractivity contribution in [3.8, 4) is 0 Å². The van der Waals surface area contributed by atoms with Crippen molar-refractivity contribution < 1.29 is 9.53 Å². The number of carbonyl (C=O) groups excluding carboxylic acids is 1. The van der Waals surface area contributed by atoms with Crippen molar-refractivity contribution in [3.05, 3.63) is 34.7 Å². The van der Waals surface area contributed by atoms with Crippen LogP contribution in [0.4, 0.5) is 0 Å². The van der Waals surface area contributed by atoms with Crippen LogP contribution in [0.3, 0.4) is 0 Å². The van der Waals surface area contributed by atoms with E-state index in [4.69, 9.17) is 16.3 Å². The van der Waals surface area contributed by atoms with Gasteiger partial charge in [-0.25, -0.2) is 4.98 Å². The summed E-state index contributed by atoms with van der Waals surface area (Å²) < 4.78 is 7.64. The lowest BCUT2D eigenvalue weighted by molar-refractivity contribution is 0.0735. The minimum Gasteiger partial charge on any atom is -0.377 e. The number of fused-ring (bicyclic) bond motifs is 1. The number of hydrogen-bond acceptors (Lipinski definition) is 4. The summed E-state index contributed by atoms with van der Waals surface area (Å²) >= 11 is 6.22. The second-order valence-corrected chi connectivity index (χ2v) is 8.24. The van der Waals surface area contributed by atoms with Crippen LogP contribution in [0.1, 0.15) is 61.1 Å². The first kappa shape index (κ1) is 19.7. The molecule has 2 aliphatic heterocycles. The Morgan fingerprint density at radius 2 is 1.96 bits per heavy atom. The molecule has 1 unspecified atom stereocenters. The van der Waals surface area contributed by atoms with Gasteiger partial charge in [0.1, 0.15) is 5.65 Å². The number of carbonyl (C=O) groups is 1. The maximum atomic E-state index is 13.3. The SMILES string of the molecule is O=C(c1nc2ccc(Cl)cn2c1CNCC1CCCO1)N1CCCCCCC1. The molecule has 0 spiro atoms. The topological polar surface area (TPSA) is 58.9 Å². The minimum absolute atomic E-state index is 0.0376. The smallest absolute Gasteiger partial charge is 0.274 e. The molecule has 0 radical (unpaired) electrons. The van der Waals surface area contributed by atoms with E-state index in [1.165, 1.54) is 19.3 Å². The van der Waals surface area contributed by atoms with Crippen LogP contribution in [0.25, 0.3) is 5.65 Å². The first-order chi connectivity index (χ1) is 13.7. The van der Waals surface area contributed by atoms with Crippen molar-refractivity contribution >= 4 is 23.2 Å². The number of likely N-dealkylation sites (tertiary alicyclic amines) is 1. The number of hydrogen-bond donors (Lipinski definition) is 1. The molecule has 2 saturated heterocycles. The summed E-state index contributed by atoms with van der Waals surface area (Å²) in [4.78, 5) is 20.0. The molecule has 1 atom stereocenters. The molecule has 152 valence electrons. The molecule has 6 nitrogen and oxygen atoms in total. The highest BCUT2D eigenvalue weighted by molar-refractivity contribution is 6.30. The van der Waals surface area contributed by atoms with Crippen molar-refractivity contribution in [1.82, 2.24) is 19.6 Å². The number of nitrogens with one attached hydrogen (secondary N) is 1. The van der Waals surface area contributed by atoms with Gasteiger partial charge in [0.15, 0.2) is 5.69 Å². The second-order valence-electron chi connectivity index (χ2n) is 7.81. The Bertz CT molecular complexity index is 808. The number of halogens is 1. The molecule has 2 aromatic heterocycles. The molecule has 2 aliphatic rings. The quantitative estimate of drug-likeness (QED) is 0.826. The summed E-state index contributed by atoms with van der Waals surface area (Å²) in [6.07, 6.45) is 10.1. The average Bonchev–Trinajstić information content (AvgIpc) is 3.29. The summed E-state index contributed by atoms with van der Waals surface area (Å²) in [5.74, 6) is 0.0376. The Morgan fingerprint density at radius 1 is 1.18 bits per heavy atom. The first-order valence-corrected chi connectivity index (χ1v) is 10.9. The average molecular weight is 405 g/mol. The van der Waals surface area contributed by atoms with Crippen LogP contribution in [0.2, 0.25) is 5.02 Å². The molecular formula is C21H29ClN4O2. The standard InChI is InChI=1S/C21H29ClN4O2/c22-16-8-9-19-24-20(21(27)25-10-4-2-1-3-5-11-25)18(26(19)15-16)14-23-13-17-7-6-12-28-17/h8-9,15,17,23H,1-7,10-14H2. The molecular weight excluding hydrogens is 376 g/mol. The largest absolute Gasteiger partial charge is 0.377 e. The van der Waals surface area contributed by atoms with E-state index in [1.807, 2.05) is 27.6 Å². The number of amides is 1. The summed E-state index contributed by atoms with van der Waals surface area (Å²) in [6, 6.07) is 3.69. The van der Waals surface area contributed by atoms with Gasteiger partial charge in [-0.2, -0.15) is 0 Å². The lowest BCUT2D eigenvalue weighted by Crippen LogP contribution is -2.35. The maximum absolute atomic E-state index is 13.3. The summed E-state index contributed by atoms with van der Waals surface area (Å²) in [5.41, 5.74) is 2.18. The zero-order valence-electron chi connectivity index (χ0n) is 16.3. The van der Waals surface area contributed by atoms with E-state index in [0.29, 0.717) is 17.3 Å². The Balaban J connectivity index is 1.57. The third-order valence-electron chi connectivity index (χ3n) is 5.72. The van der Waals surface area contributed by atoms with E-state index in [2.05, 4.69) is 10.3 Å². The van der Waals surface area contributed by atoms with Gasteiger partial charge in [0, 0.05) is 39.0 Å². The van der Waals surface area contributed by atoms with E-state index in [9.17, 15) is 4.79 Å².